The molecule has 74 valence electrons. The largest absolute Gasteiger partial charge is 0.492 e. The number of ether oxygens (including phenoxy) is 1. The van der Waals surface area contributed by atoms with E-state index in [-0.39, 0.29) is 5.78 Å². The summed E-state index contributed by atoms with van der Waals surface area (Å²) < 4.78 is 6.30. The van der Waals surface area contributed by atoms with Crippen LogP contribution in [0.5, 0.6) is 5.75 Å². The molecule has 1 aliphatic heterocycles. The minimum atomic E-state index is 0.0976. The van der Waals surface area contributed by atoms with Crippen molar-refractivity contribution >= 4 is 37.6 Å². The van der Waals surface area contributed by atoms with Crippen molar-refractivity contribution in [1.82, 2.24) is 0 Å². The maximum atomic E-state index is 11.5. The summed E-state index contributed by atoms with van der Waals surface area (Å²) in [5.41, 5.74) is 1.85. The van der Waals surface area contributed by atoms with E-state index in [2.05, 4.69) is 31.9 Å². The topological polar surface area (TPSA) is 26.3 Å². The van der Waals surface area contributed by atoms with E-state index in [4.69, 9.17) is 4.74 Å². The number of hydrogen-bond acceptors (Lipinski definition) is 2. The van der Waals surface area contributed by atoms with Crippen LogP contribution < -0.4 is 4.74 Å². The molecule has 1 heterocycles. The Morgan fingerprint density at radius 1 is 1.50 bits per heavy atom. The Labute approximate surface area is 98.9 Å². The third-order valence-electron chi connectivity index (χ3n) is 2.18. The van der Waals surface area contributed by atoms with E-state index in [0.29, 0.717) is 11.9 Å². The summed E-state index contributed by atoms with van der Waals surface area (Å²) in [5, 5.41) is 0.360. The molecule has 0 aliphatic carbocycles. The summed E-state index contributed by atoms with van der Waals surface area (Å²) in [6, 6.07) is 3.73. The standard InChI is InChI=1S/C10H8Br2O2/c11-5-9(13)7-3-6-1-2-14-10(6)8(12)4-7/h3-4H,1-2,5H2. The van der Waals surface area contributed by atoms with Gasteiger partial charge in [-0.2, -0.15) is 0 Å². The molecule has 2 nitrogen and oxygen atoms in total. The van der Waals surface area contributed by atoms with Gasteiger partial charge in [-0.3, -0.25) is 4.79 Å². The van der Waals surface area contributed by atoms with Gasteiger partial charge in [0.15, 0.2) is 5.78 Å². The Morgan fingerprint density at radius 3 is 3.00 bits per heavy atom. The minimum absolute atomic E-state index is 0.0976. The molecule has 0 unspecified atom stereocenters. The van der Waals surface area contributed by atoms with Gasteiger partial charge in [0.1, 0.15) is 5.75 Å². The minimum Gasteiger partial charge on any atom is -0.492 e. The van der Waals surface area contributed by atoms with Gasteiger partial charge in [-0.25, -0.2) is 0 Å². The highest BCUT2D eigenvalue weighted by Crippen LogP contribution is 2.34. The number of hydrogen-bond donors (Lipinski definition) is 0. The van der Waals surface area contributed by atoms with Gasteiger partial charge >= 0.3 is 0 Å². The molecule has 0 saturated heterocycles. The predicted octanol–water partition coefficient (Wildman–Crippen LogP) is 2.96. The monoisotopic (exact) mass is 318 g/mol. The Bertz CT molecular complexity index is 388. The quantitative estimate of drug-likeness (QED) is 0.619. The summed E-state index contributed by atoms with van der Waals surface area (Å²) in [6.07, 6.45) is 0.886. The van der Waals surface area contributed by atoms with Crippen LogP contribution >= 0.6 is 31.9 Å². The summed E-state index contributed by atoms with van der Waals surface area (Å²) >= 11 is 6.56. The molecular weight excluding hydrogens is 312 g/mol. The van der Waals surface area contributed by atoms with Crippen molar-refractivity contribution in [3.05, 3.63) is 27.7 Å². The number of halogens is 2. The van der Waals surface area contributed by atoms with Crippen molar-refractivity contribution in [3.63, 3.8) is 0 Å². The van der Waals surface area contributed by atoms with Gasteiger partial charge in [0, 0.05) is 12.0 Å². The number of alkyl halides is 1. The van der Waals surface area contributed by atoms with Crippen LogP contribution in [0, 0.1) is 0 Å². The van der Waals surface area contributed by atoms with E-state index < -0.39 is 0 Å². The van der Waals surface area contributed by atoms with Crippen LogP contribution in [-0.4, -0.2) is 17.7 Å². The first-order chi connectivity index (χ1) is 6.72. The van der Waals surface area contributed by atoms with E-state index in [1.807, 2.05) is 12.1 Å². The number of fused-ring (bicyclic) bond motifs is 1. The average Bonchev–Trinajstić information content (AvgIpc) is 2.64. The van der Waals surface area contributed by atoms with E-state index >= 15 is 0 Å². The third-order valence-corrected chi connectivity index (χ3v) is 3.28. The maximum absolute atomic E-state index is 11.5. The van der Waals surface area contributed by atoms with E-state index in [0.717, 1.165) is 27.8 Å². The Balaban J connectivity index is 2.46. The molecule has 2 rings (SSSR count). The number of carbonyl (C=O) groups is 1. The van der Waals surface area contributed by atoms with Crippen LogP contribution in [0.15, 0.2) is 16.6 Å². The molecule has 0 bridgehead atoms. The average molecular weight is 320 g/mol. The predicted molar refractivity (Wildman–Crippen MR) is 61.5 cm³/mol. The molecule has 1 aromatic rings. The van der Waals surface area contributed by atoms with Gasteiger partial charge in [0.25, 0.3) is 0 Å². The molecule has 1 aliphatic rings. The van der Waals surface area contributed by atoms with Crippen molar-refractivity contribution in [3.8, 4) is 5.75 Å². The Kier molecular flexibility index (Phi) is 2.93. The first-order valence-electron chi connectivity index (χ1n) is 4.26. The van der Waals surface area contributed by atoms with Crippen LogP contribution in [0.2, 0.25) is 0 Å². The fourth-order valence-corrected chi connectivity index (χ4v) is 2.44. The number of rotatable bonds is 2. The highest BCUT2D eigenvalue weighted by molar-refractivity contribution is 9.10. The first-order valence-corrected chi connectivity index (χ1v) is 6.18. The third kappa shape index (κ3) is 1.73. The fraction of sp³-hybridized carbons (Fsp3) is 0.300. The van der Waals surface area contributed by atoms with Crippen LogP contribution in [0.4, 0.5) is 0 Å². The van der Waals surface area contributed by atoms with Gasteiger partial charge in [0.05, 0.1) is 16.4 Å². The van der Waals surface area contributed by atoms with Gasteiger partial charge < -0.3 is 4.74 Å². The van der Waals surface area contributed by atoms with Crippen LogP contribution in [0.3, 0.4) is 0 Å². The van der Waals surface area contributed by atoms with Gasteiger partial charge in [-0.1, -0.05) is 15.9 Å². The lowest BCUT2D eigenvalue weighted by Gasteiger charge is -2.04. The number of ketones is 1. The zero-order valence-corrected chi connectivity index (χ0v) is 10.5. The molecular formula is C10H8Br2O2. The summed E-state index contributed by atoms with van der Waals surface area (Å²) in [4.78, 5) is 11.5. The summed E-state index contributed by atoms with van der Waals surface area (Å²) in [7, 11) is 0. The normalized spacial score (nSPS) is 13.6. The van der Waals surface area contributed by atoms with Crippen LogP contribution in [0.1, 0.15) is 15.9 Å². The smallest absolute Gasteiger partial charge is 0.173 e. The van der Waals surface area contributed by atoms with Crippen molar-refractivity contribution < 1.29 is 9.53 Å². The van der Waals surface area contributed by atoms with Crippen molar-refractivity contribution in [2.24, 2.45) is 0 Å². The lowest BCUT2D eigenvalue weighted by Crippen LogP contribution is -2.00. The molecule has 0 atom stereocenters. The molecule has 0 aromatic heterocycles. The van der Waals surface area contributed by atoms with Crippen molar-refractivity contribution in [1.29, 1.82) is 0 Å². The molecule has 1 aromatic carbocycles. The second-order valence-corrected chi connectivity index (χ2v) is 4.52. The van der Waals surface area contributed by atoms with Crippen LogP contribution in [-0.2, 0) is 6.42 Å². The van der Waals surface area contributed by atoms with Crippen molar-refractivity contribution in [2.45, 2.75) is 6.42 Å². The molecule has 0 amide bonds. The van der Waals surface area contributed by atoms with E-state index in [1.54, 1.807) is 0 Å². The fourth-order valence-electron chi connectivity index (χ4n) is 1.50. The molecule has 0 spiro atoms. The number of carbonyl (C=O) groups excluding carboxylic acids is 1. The molecule has 14 heavy (non-hydrogen) atoms. The molecule has 0 saturated carbocycles. The number of Topliss-reactive ketones (excluding diaryl/α,β-unsaturated/α-hetero) is 1. The zero-order chi connectivity index (χ0) is 10.1. The Morgan fingerprint density at radius 2 is 2.29 bits per heavy atom. The molecule has 0 radical (unpaired) electrons. The summed E-state index contributed by atoms with van der Waals surface area (Å²) in [6.45, 7) is 0.708. The lowest BCUT2D eigenvalue weighted by atomic mass is 10.1. The summed E-state index contributed by atoms with van der Waals surface area (Å²) in [5.74, 6) is 0.983. The van der Waals surface area contributed by atoms with Gasteiger partial charge in [-0.05, 0) is 33.6 Å². The maximum Gasteiger partial charge on any atom is 0.173 e. The highest BCUT2D eigenvalue weighted by Gasteiger charge is 2.18. The van der Waals surface area contributed by atoms with Gasteiger partial charge in [-0.15, -0.1) is 0 Å². The van der Waals surface area contributed by atoms with Crippen LogP contribution in [0.25, 0.3) is 0 Å². The van der Waals surface area contributed by atoms with Gasteiger partial charge in [0.2, 0.25) is 0 Å². The second-order valence-electron chi connectivity index (χ2n) is 3.10. The lowest BCUT2D eigenvalue weighted by molar-refractivity contribution is 0.102. The SMILES string of the molecule is O=C(CBr)c1cc(Br)c2c(c1)CCO2. The second kappa shape index (κ2) is 4.03. The Hall–Kier alpha value is -0.350. The highest BCUT2D eigenvalue weighted by atomic mass is 79.9. The number of benzene rings is 1. The molecule has 0 N–H and O–H groups in total. The van der Waals surface area contributed by atoms with E-state index in [9.17, 15) is 4.79 Å². The molecule has 4 heteroatoms. The van der Waals surface area contributed by atoms with E-state index in [1.165, 1.54) is 0 Å². The molecule has 0 fully saturated rings. The first kappa shape index (κ1) is 10.2. The van der Waals surface area contributed by atoms with Crippen molar-refractivity contribution in [2.75, 3.05) is 11.9 Å². The zero-order valence-electron chi connectivity index (χ0n) is 7.35.